The van der Waals surface area contributed by atoms with Crippen molar-refractivity contribution in [2.45, 2.75) is 26.4 Å². The van der Waals surface area contributed by atoms with E-state index >= 15 is 0 Å². The zero-order valence-electron chi connectivity index (χ0n) is 11.9. The maximum absolute atomic E-state index is 12.8. The zero-order chi connectivity index (χ0) is 15.8. The maximum Gasteiger partial charge on any atom is 0.449 e. The number of fused-ring (bicyclic) bond motifs is 1. The molecule has 1 atom stereocenters. The second kappa shape index (κ2) is 5.42. The minimum absolute atomic E-state index is 0.0565. The van der Waals surface area contributed by atoms with Crippen LogP contribution in [0, 0.1) is 5.92 Å². The van der Waals surface area contributed by atoms with Crippen LogP contribution in [-0.4, -0.2) is 12.9 Å². The summed E-state index contributed by atoms with van der Waals surface area (Å²) in [5.74, 6) is -1.45. The molecule has 114 valence electrons. The zero-order valence-corrected chi connectivity index (χ0v) is 11.9. The van der Waals surface area contributed by atoms with Crippen LogP contribution in [0.25, 0.3) is 11.0 Å². The smallest absolute Gasteiger partial charge is 0.449 e. The lowest BCUT2D eigenvalue weighted by Gasteiger charge is -2.09. The molecule has 0 spiro atoms. The molecule has 0 aliphatic heterocycles. The minimum atomic E-state index is -4.61. The van der Waals surface area contributed by atoms with Gasteiger partial charge in [0.25, 0.3) is 0 Å². The van der Waals surface area contributed by atoms with Crippen molar-refractivity contribution >= 4 is 16.8 Å². The molecule has 0 saturated carbocycles. The number of halogens is 3. The molecule has 3 nitrogen and oxygen atoms in total. The van der Waals surface area contributed by atoms with Crippen LogP contribution < -0.4 is 4.74 Å². The van der Waals surface area contributed by atoms with Gasteiger partial charge in [-0.05, 0) is 24.6 Å². The first-order valence-corrected chi connectivity index (χ1v) is 6.51. The van der Waals surface area contributed by atoms with Gasteiger partial charge in [-0.1, -0.05) is 13.8 Å². The molecule has 6 heteroatoms. The molecule has 0 fully saturated rings. The van der Waals surface area contributed by atoms with Gasteiger partial charge < -0.3 is 9.15 Å². The van der Waals surface area contributed by atoms with Crippen LogP contribution in [0.4, 0.5) is 13.2 Å². The standard InChI is InChI=1S/C15H15F3O3/c1-4-8(2)13(19)9-5-6-11(20-3)14-10(9)7-12(21-14)15(16,17)18/h5-8H,4H2,1-3H3. The van der Waals surface area contributed by atoms with E-state index in [4.69, 9.17) is 9.15 Å². The number of hydrogen-bond acceptors (Lipinski definition) is 3. The monoisotopic (exact) mass is 300 g/mol. The fraction of sp³-hybridized carbons (Fsp3) is 0.400. The number of alkyl halides is 3. The summed E-state index contributed by atoms with van der Waals surface area (Å²) in [6.45, 7) is 3.59. The minimum Gasteiger partial charge on any atom is -0.493 e. The first-order valence-electron chi connectivity index (χ1n) is 6.51. The summed E-state index contributed by atoms with van der Waals surface area (Å²) in [6.07, 6.45) is -4.00. The number of benzene rings is 1. The van der Waals surface area contributed by atoms with Gasteiger partial charge in [0.2, 0.25) is 5.76 Å². The fourth-order valence-corrected chi connectivity index (χ4v) is 2.06. The SMILES string of the molecule is CCC(C)C(=O)c1ccc(OC)c2oc(C(F)(F)F)cc12. The van der Waals surface area contributed by atoms with Crippen molar-refractivity contribution in [1.82, 2.24) is 0 Å². The van der Waals surface area contributed by atoms with Gasteiger partial charge in [0.05, 0.1) is 7.11 Å². The van der Waals surface area contributed by atoms with Crippen molar-refractivity contribution < 1.29 is 27.1 Å². The summed E-state index contributed by atoms with van der Waals surface area (Å²) in [5.41, 5.74) is 0.165. The van der Waals surface area contributed by atoms with Gasteiger partial charge in [-0.3, -0.25) is 4.79 Å². The lowest BCUT2D eigenvalue weighted by molar-refractivity contribution is -0.152. The normalized spacial score (nSPS) is 13.4. The number of ketones is 1. The van der Waals surface area contributed by atoms with Gasteiger partial charge in [-0.25, -0.2) is 0 Å². The molecular weight excluding hydrogens is 285 g/mol. The van der Waals surface area contributed by atoms with E-state index in [0.29, 0.717) is 6.42 Å². The summed E-state index contributed by atoms with van der Waals surface area (Å²) in [5, 5.41) is 0.131. The number of furan rings is 1. The van der Waals surface area contributed by atoms with Crippen molar-refractivity contribution in [2.75, 3.05) is 7.11 Å². The molecule has 1 aromatic heterocycles. The highest BCUT2D eigenvalue weighted by atomic mass is 19.4. The highest BCUT2D eigenvalue weighted by molar-refractivity contribution is 6.09. The van der Waals surface area contributed by atoms with E-state index in [9.17, 15) is 18.0 Å². The Morgan fingerprint density at radius 2 is 2.05 bits per heavy atom. The van der Waals surface area contributed by atoms with Crippen LogP contribution in [0.15, 0.2) is 22.6 Å². The van der Waals surface area contributed by atoms with Gasteiger partial charge in [-0.15, -0.1) is 0 Å². The second-order valence-corrected chi connectivity index (χ2v) is 4.84. The molecule has 21 heavy (non-hydrogen) atoms. The van der Waals surface area contributed by atoms with Gasteiger partial charge in [-0.2, -0.15) is 13.2 Å². The van der Waals surface area contributed by atoms with Crippen molar-refractivity contribution in [3.05, 3.63) is 29.5 Å². The molecule has 1 unspecified atom stereocenters. The lowest BCUT2D eigenvalue weighted by atomic mass is 9.94. The molecule has 0 N–H and O–H groups in total. The van der Waals surface area contributed by atoms with Gasteiger partial charge in [0.15, 0.2) is 17.1 Å². The lowest BCUT2D eigenvalue weighted by Crippen LogP contribution is -2.10. The molecule has 0 radical (unpaired) electrons. The number of methoxy groups -OCH3 is 1. The van der Waals surface area contributed by atoms with E-state index < -0.39 is 11.9 Å². The molecule has 2 aromatic rings. The van der Waals surface area contributed by atoms with E-state index in [-0.39, 0.29) is 34.0 Å². The number of Topliss-reactive ketones (excluding diaryl/α,β-unsaturated/α-hetero) is 1. The Morgan fingerprint density at radius 1 is 1.38 bits per heavy atom. The summed E-state index contributed by atoms with van der Waals surface area (Å²) in [6, 6.07) is 3.78. The third-order valence-corrected chi connectivity index (χ3v) is 3.47. The van der Waals surface area contributed by atoms with Crippen LogP contribution >= 0.6 is 0 Å². The van der Waals surface area contributed by atoms with E-state index in [1.807, 2.05) is 6.92 Å². The third kappa shape index (κ3) is 2.75. The topological polar surface area (TPSA) is 39.4 Å². The predicted octanol–water partition coefficient (Wildman–Crippen LogP) is 4.69. The molecule has 1 aromatic carbocycles. The summed E-state index contributed by atoms with van der Waals surface area (Å²) >= 11 is 0. The molecule has 0 bridgehead atoms. The van der Waals surface area contributed by atoms with Gasteiger partial charge in [0, 0.05) is 16.9 Å². The van der Waals surface area contributed by atoms with E-state index in [1.165, 1.54) is 19.2 Å². The summed E-state index contributed by atoms with van der Waals surface area (Å²) < 4.78 is 48.3. The third-order valence-electron chi connectivity index (χ3n) is 3.47. The van der Waals surface area contributed by atoms with Crippen LogP contribution in [0.1, 0.15) is 36.4 Å². The Bertz CT molecular complexity index is 671. The maximum atomic E-state index is 12.8. The number of ether oxygens (including phenoxy) is 1. The molecule has 0 amide bonds. The average Bonchev–Trinajstić information content (AvgIpc) is 2.89. The van der Waals surface area contributed by atoms with Crippen molar-refractivity contribution in [2.24, 2.45) is 5.92 Å². The van der Waals surface area contributed by atoms with Crippen molar-refractivity contribution in [3.63, 3.8) is 0 Å². The molecule has 0 aliphatic carbocycles. The van der Waals surface area contributed by atoms with E-state index in [0.717, 1.165) is 6.07 Å². The number of rotatable bonds is 4. The van der Waals surface area contributed by atoms with Gasteiger partial charge >= 0.3 is 6.18 Å². The molecular formula is C15H15F3O3. The van der Waals surface area contributed by atoms with Crippen LogP contribution in [0.5, 0.6) is 5.75 Å². The number of hydrogen-bond donors (Lipinski definition) is 0. The Morgan fingerprint density at radius 3 is 2.57 bits per heavy atom. The Hall–Kier alpha value is -1.98. The number of carbonyl (C=O) groups excluding carboxylic acids is 1. The van der Waals surface area contributed by atoms with Crippen molar-refractivity contribution in [1.29, 1.82) is 0 Å². The Balaban J connectivity index is 2.68. The highest BCUT2D eigenvalue weighted by Crippen LogP contribution is 2.39. The van der Waals surface area contributed by atoms with E-state index in [2.05, 4.69) is 0 Å². The predicted molar refractivity (Wildman–Crippen MR) is 71.6 cm³/mol. The molecule has 1 heterocycles. The van der Waals surface area contributed by atoms with Crippen LogP contribution in [-0.2, 0) is 6.18 Å². The van der Waals surface area contributed by atoms with Gasteiger partial charge in [0.1, 0.15) is 0 Å². The van der Waals surface area contributed by atoms with Crippen LogP contribution in [0.3, 0.4) is 0 Å². The molecule has 2 rings (SSSR count). The number of carbonyl (C=O) groups is 1. The quantitative estimate of drug-likeness (QED) is 0.769. The molecule has 0 aliphatic rings. The first-order chi connectivity index (χ1) is 9.79. The van der Waals surface area contributed by atoms with Crippen molar-refractivity contribution in [3.8, 4) is 5.75 Å². The summed E-state index contributed by atoms with van der Waals surface area (Å²) in [7, 11) is 1.33. The Labute approximate surface area is 119 Å². The van der Waals surface area contributed by atoms with Crippen LogP contribution in [0.2, 0.25) is 0 Å². The largest absolute Gasteiger partial charge is 0.493 e. The van der Waals surface area contributed by atoms with E-state index in [1.54, 1.807) is 6.92 Å². The average molecular weight is 300 g/mol. The fourth-order valence-electron chi connectivity index (χ4n) is 2.06. The molecule has 0 saturated heterocycles. The first kappa shape index (κ1) is 15.4. The second-order valence-electron chi connectivity index (χ2n) is 4.84. The highest BCUT2D eigenvalue weighted by Gasteiger charge is 2.36. The Kier molecular flexibility index (Phi) is 3.98. The summed E-state index contributed by atoms with van der Waals surface area (Å²) in [4.78, 5) is 12.3.